The minimum absolute atomic E-state index is 0.0392. The third-order valence-corrected chi connectivity index (χ3v) is 9.48. The molecule has 1 aromatic heterocycles. The Labute approximate surface area is 234 Å². The zero-order valence-electron chi connectivity index (χ0n) is 21.6. The average Bonchev–Trinajstić information content (AvgIpc) is 3.33. The first kappa shape index (κ1) is 24.3. The standard InChI is InChI=1S/C36H25NO2S/c38-40(39,29-17-8-3-9-18-29)35-22-12-21-34(37-35)26-23-24-31-30-19-10-11-20-32(30)36(33(31)25-26,27-13-4-1-5-14-27)28-15-6-2-7-16-28/h1-25H. The number of benzene rings is 5. The maximum Gasteiger partial charge on any atom is 0.223 e. The minimum Gasteiger partial charge on any atom is -0.236 e. The van der Waals surface area contributed by atoms with Gasteiger partial charge in [0, 0.05) is 5.56 Å². The molecule has 0 N–H and O–H groups in total. The van der Waals surface area contributed by atoms with Gasteiger partial charge in [-0.1, -0.05) is 121 Å². The van der Waals surface area contributed by atoms with Crippen LogP contribution in [-0.2, 0) is 15.3 Å². The lowest BCUT2D eigenvalue weighted by molar-refractivity contribution is 0.592. The number of nitrogens with zero attached hydrogens (tertiary/aromatic N) is 1. The van der Waals surface area contributed by atoms with Crippen molar-refractivity contribution in [1.29, 1.82) is 0 Å². The Bertz CT molecular complexity index is 1910. The van der Waals surface area contributed by atoms with Gasteiger partial charge in [-0.2, -0.15) is 0 Å². The van der Waals surface area contributed by atoms with Gasteiger partial charge >= 0.3 is 0 Å². The summed E-state index contributed by atoms with van der Waals surface area (Å²) in [5.74, 6) is 0. The summed E-state index contributed by atoms with van der Waals surface area (Å²) in [5.41, 5.74) is 8.06. The van der Waals surface area contributed by atoms with Gasteiger partial charge in [-0.3, -0.25) is 0 Å². The smallest absolute Gasteiger partial charge is 0.223 e. The van der Waals surface area contributed by atoms with Crippen molar-refractivity contribution in [2.24, 2.45) is 0 Å². The van der Waals surface area contributed by atoms with Crippen molar-refractivity contribution in [2.45, 2.75) is 15.3 Å². The minimum atomic E-state index is -3.74. The molecule has 0 aliphatic heterocycles. The highest BCUT2D eigenvalue weighted by Gasteiger charge is 2.46. The SMILES string of the molecule is O=S(=O)(c1ccccc1)c1cccc(-c2ccc3c(c2)C(c2ccccc2)(c2ccccc2)c2ccccc2-3)n1. The average molecular weight is 536 g/mol. The van der Waals surface area contributed by atoms with Crippen LogP contribution < -0.4 is 0 Å². The molecule has 0 unspecified atom stereocenters. The van der Waals surface area contributed by atoms with Crippen molar-refractivity contribution in [1.82, 2.24) is 4.98 Å². The first-order valence-corrected chi connectivity index (χ1v) is 14.7. The van der Waals surface area contributed by atoms with E-state index in [1.54, 1.807) is 42.5 Å². The molecule has 40 heavy (non-hydrogen) atoms. The molecule has 0 atom stereocenters. The number of fused-ring (bicyclic) bond motifs is 3. The fraction of sp³-hybridized carbons (Fsp3) is 0.0278. The van der Waals surface area contributed by atoms with E-state index in [2.05, 4.69) is 89.9 Å². The lowest BCUT2D eigenvalue weighted by atomic mass is 9.67. The lowest BCUT2D eigenvalue weighted by Crippen LogP contribution is -2.28. The zero-order valence-corrected chi connectivity index (χ0v) is 22.4. The van der Waals surface area contributed by atoms with Crippen LogP contribution >= 0.6 is 0 Å². The highest BCUT2D eigenvalue weighted by atomic mass is 32.2. The summed E-state index contributed by atoms with van der Waals surface area (Å²) < 4.78 is 26.7. The van der Waals surface area contributed by atoms with Gasteiger partial charge in [0.05, 0.1) is 16.0 Å². The van der Waals surface area contributed by atoms with Crippen molar-refractivity contribution >= 4 is 9.84 Å². The monoisotopic (exact) mass is 535 g/mol. The van der Waals surface area contributed by atoms with E-state index in [1.165, 1.54) is 27.8 Å². The van der Waals surface area contributed by atoms with Crippen LogP contribution in [0.4, 0.5) is 0 Å². The van der Waals surface area contributed by atoms with Gasteiger partial charge in [0.25, 0.3) is 0 Å². The van der Waals surface area contributed by atoms with Crippen LogP contribution in [0.25, 0.3) is 22.4 Å². The summed E-state index contributed by atoms with van der Waals surface area (Å²) in [6.45, 7) is 0. The predicted molar refractivity (Wildman–Crippen MR) is 159 cm³/mol. The number of sulfone groups is 1. The van der Waals surface area contributed by atoms with Crippen LogP contribution in [0.2, 0.25) is 0 Å². The second-order valence-corrected chi connectivity index (χ2v) is 11.9. The maximum atomic E-state index is 13.4. The predicted octanol–water partition coefficient (Wildman–Crippen LogP) is 7.94. The molecule has 1 heterocycles. The van der Waals surface area contributed by atoms with Crippen molar-refractivity contribution in [2.75, 3.05) is 0 Å². The Morgan fingerprint density at radius 3 is 1.75 bits per heavy atom. The van der Waals surface area contributed by atoms with Crippen molar-refractivity contribution < 1.29 is 8.42 Å². The van der Waals surface area contributed by atoms with Gasteiger partial charge in [-0.25, -0.2) is 13.4 Å². The van der Waals surface area contributed by atoms with E-state index >= 15 is 0 Å². The molecule has 4 heteroatoms. The fourth-order valence-electron chi connectivity index (χ4n) is 6.05. The summed E-state index contributed by atoms with van der Waals surface area (Å²) in [4.78, 5) is 4.90. The van der Waals surface area contributed by atoms with Gasteiger partial charge in [0.2, 0.25) is 9.84 Å². The Morgan fingerprint density at radius 2 is 1.07 bits per heavy atom. The highest BCUT2D eigenvalue weighted by Crippen LogP contribution is 2.56. The molecular formula is C36H25NO2S. The number of pyridine rings is 1. The van der Waals surface area contributed by atoms with Crippen molar-refractivity contribution in [3.05, 3.63) is 174 Å². The summed E-state index contributed by atoms with van der Waals surface area (Å²) in [7, 11) is -3.74. The molecule has 1 aliphatic carbocycles. The van der Waals surface area contributed by atoms with Crippen LogP contribution in [0.1, 0.15) is 22.3 Å². The first-order chi connectivity index (χ1) is 19.6. The second-order valence-electron chi connectivity index (χ2n) is 9.97. The van der Waals surface area contributed by atoms with Gasteiger partial charge in [-0.15, -0.1) is 0 Å². The van der Waals surface area contributed by atoms with Gasteiger partial charge in [0.1, 0.15) is 0 Å². The first-order valence-electron chi connectivity index (χ1n) is 13.2. The molecule has 5 aromatic carbocycles. The molecule has 3 nitrogen and oxygen atoms in total. The normalized spacial score (nSPS) is 13.4. The number of hydrogen-bond donors (Lipinski definition) is 0. The molecule has 0 bridgehead atoms. The number of rotatable bonds is 5. The summed E-state index contributed by atoms with van der Waals surface area (Å²) in [6, 6.07) is 49.8. The molecule has 6 aromatic rings. The van der Waals surface area contributed by atoms with E-state index < -0.39 is 15.3 Å². The third kappa shape index (κ3) is 3.64. The van der Waals surface area contributed by atoms with Crippen molar-refractivity contribution in [3.8, 4) is 22.4 Å². The quantitative estimate of drug-likeness (QED) is 0.225. The fourth-order valence-corrected chi connectivity index (χ4v) is 7.28. The molecule has 0 amide bonds. The van der Waals surface area contributed by atoms with E-state index in [0.29, 0.717) is 5.69 Å². The largest absolute Gasteiger partial charge is 0.236 e. The molecule has 0 fully saturated rings. The molecule has 0 saturated carbocycles. The van der Waals surface area contributed by atoms with Crippen LogP contribution in [-0.4, -0.2) is 13.4 Å². The van der Waals surface area contributed by atoms with E-state index in [4.69, 9.17) is 0 Å². The second kappa shape index (κ2) is 9.44. The van der Waals surface area contributed by atoms with Crippen LogP contribution in [0.5, 0.6) is 0 Å². The van der Waals surface area contributed by atoms with Crippen LogP contribution in [0.3, 0.4) is 0 Å². The Balaban J connectivity index is 1.47. The summed E-state index contributed by atoms with van der Waals surface area (Å²) >= 11 is 0. The van der Waals surface area contributed by atoms with Crippen LogP contribution in [0, 0.1) is 0 Å². The third-order valence-electron chi connectivity index (χ3n) is 7.81. The molecular weight excluding hydrogens is 510 g/mol. The van der Waals surface area contributed by atoms with Crippen LogP contribution in [0.15, 0.2) is 162 Å². The Hall–Kier alpha value is -4.80. The number of hydrogen-bond acceptors (Lipinski definition) is 3. The summed E-state index contributed by atoms with van der Waals surface area (Å²) in [6.07, 6.45) is 0. The number of aromatic nitrogens is 1. The lowest BCUT2D eigenvalue weighted by Gasteiger charge is -2.34. The molecule has 1 aliphatic rings. The van der Waals surface area contributed by atoms with E-state index in [1.807, 2.05) is 24.3 Å². The molecule has 192 valence electrons. The molecule has 0 saturated heterocycles. The maximum absolute atomic E-state index is 13.4. The van der Waals surface area contributed by atoms with Gasteiger partial charge < -0.3 is 0 Å². The zero-order chi connectivity index (χ0) is 27.2. The Morgan fingerprint density at radius 1 is 0.500 bits per heavy atom. The molecule has 0 spiro atoms. The van der Waals surface area contributed by atoms with E-state index in [9.17, 15) is 8.42 Å². The van der Waals surface area contributed by atoms with Gasteiger partial charge in [0.15, 0.2) is 5.03 Å². The highest BCUT2D eigenvalue weighted by molar-refractivity contribution is 7.91. The Kier molecular flexibility index (Phi) is 5.72. The summed E-state index contributed by atoms with van der Waals surface area (Å²) in [5, 5.41) is 0.0392. The van der Waals surface area contributed by atoms with E-state index in [-0.39, 0.29) is 9.92 Å². The van der Waals surface area contributed by atoms with E-state index in [0.717, 1.165) is 11.1 Å². The molecule has 0 radical (unpaired) electrons. The van der Waals surface area contributed by atoms with Crippen molar-refractivity contribution in [3.63, 3.8) is 0 Å². The van der Waals surface area contributed by atoms with Gasteiger partial charge in [-0.05, 0) is 63.7 Å². The molecule has 7 rings (SSSR count). The topological polar surface area (TPSA) is 47.0 Å².